The third-order valence-corrected chi connectivity index (χ3v) is 3.97. The van der Waals surface area contributed by atoms with Crippen LogP contribution in [0.1, 0.15) is 33.1 Å². The first-order chi connectivity index (χ1) is 9.90. The first-order valence-electron chi connectivity index (χ1n) is 7.42. The van der Waals surface area contributed by atoms with E-state index in [0.29, 0.717) is 0 Å². The number of methoxy groups -OCH3 is 1. The largest absolute Gasteiger partial charge is 0.453 e. The van der Waals surface area contributed by atoms with Crippen LogP contribution in [-0.4, -0.2) is 38.2 Å². The Kier molecular flexibility index (Phi) is 6.52. The Morgan fingerprint density at radius 2 is 1.95 bits per heavy atom. The molecule has 120 valence electrons. The van der Waals surface area contributed by atoms with Crippen molar-refractivity contribution in [3.8, 4) is 0 Å². The second-order valence-electron chi connectivity index (χ2n) is 5.79. The fraction of sp³-hybridized carbons (Fsp3) is 0.733. The first-order valence-corrected chi connectivity index (χ1v) is 7.42. The van der Waals surface area contributed by atoms with Crippen molar-refractivity contribution in [2.75, 3.05) is 14.2 Å². The Labute approximate surface area is 126 Å². The van der Waals surface area contributed by atoms with E-state index in [1.54, 1.807) is 7.05 Å². The molecule has 6 heteroatoms. The van der Waals surface area contributed by atoms with E-state index in [-0.39, 0.29) is 29.8 Å². The van der Waals surface area contributed by atoms with E-state index in [0.717, 1.165) is 25.0 Å². The van der Waals surface area contributed by atoms with Crippen LogP contribution in [0, 0.1) is 11.8 Å². The summed E-state index contributed by atoms with van der Waals surface area (Å²) in [5.74, 6) is 0.182. The molecule has 1 fully saturated rings. The van der Waals surface area contributed by atoms with Gasteiger partial charge in [-0.25, -0.2) is 4.79 Å². The van der Waals surface area contributed by atoms with Gasteiger partial charge in [-0.05, 0) is 18.8 Å². The van der Waals surface area contributed by atoms with Gasteiger partial charge >= 0.3 is 6.09 Å². The lowest BCUT2D eigenvalue weighted by Gasteiger charge is -2.29. The number of ether oxygens (including phenoxy) is 1. The Balaban J connectivity index is 2.68. The van der Waals surface area contributed by atoms with Crippen LogP contribution in [0.5, 0.6) is 0 Å². The number of alkyl carbamates (subject to hydrolysis) is 1. The number of amides is 2. The van der Waals surface area contributed by atoms with Gasteiger partial charge in [-0.15, -0.1) is 0 Å². The smallest absolute Gasteiger partial charge is 0.407 e. The maximum absolute atomic E-state index is 11.9. The lowest BCUT2D eigenvalue weighted by molar-refractivity contribution is -0.124. The summed E-state index contributed by atoms with van der Waals surface area (Å²) < 4.78 is 4.64. The summed E-state index contributed by atoms with van der Waals surface area (Å²) in [6.45, 7) is 8.03. The molecule has 1 aliphatic rings. The lowest BCUT2D eigenvalue weighted by Crippen LogP contribution is -2.47. The summed E-state index contributed by atoms with van der Waals surface area (Å²) in [4.78, 5) is 23.3. The number of hydrogen-bond acceptors (Lipinski definition) is 4. The predicted octanol–water partition coefficient (Wildman–Crippen LogP) is 1.38. The number of rotatable bonds is 6. The van der Waals surface area contributed by atoms with E-state index in [1.807, 2.05) is 13.8 Å². The highest BCUT2D eigenvalue weighted by Crippen LogP contribution is 2.27. The molecular formula is C15H27N3O3. The number of hydrogen-bond donors (Lipinski definition) is 3. The van der Waals surface area contributed by atoms with Gasteiger partial charge in [0, 0.05) is 18.8 Å². The normalized spacial score (nSPS) is 22.5. The van der Waals surface area contributed by atoms with Crippen molar-refractivity contribution in [2.45, 2.75) is 45.2 Å². The molecule has 3 N–H and O–H groups in total. The van der Waals surface area contributed by atoms with Gasteiger partial charge in [0.2, 0.25) is 5.91 Å². The molecule has 1 aliphatic carbocycles. The third kappa shape index (κ3) is 4.65. The second kappa shape index (κ2) is 7.90. The van der Waals surface area contributed by atoms with Crippen LogP contribution in [-0.2, 0) is 9.53 Å². The summed E-state index contributed by atoms with van der Waals surface area (Å²) >= 11 is 0. The van der Waals surface area contributed by atoms with Crippen LogP contribution in [0.2, 0.25) is 0 Å². The highest BCUT2D eigenvalue weighted by molar-refractivity contribution is 5.79. The van der Waals surface area contributed by atoms with Crippen molar-refractivity contribution in [3.63, 3.8) is 0 Å². The van der Waals surface area contributed by atoms with Crippen LogP contribution in [0.15, 0.2) is 12.3 Å². The van der Waals surface area contributed by atoms with E-state index in [1.165, 1.54) is 7.11 Å². The molecule has 2 amide bonds. The number of nitrogens with one attached hydrogen (secondary N) is 3. The molecule has 0 saturated heterocycles. The molecule has 0 spiro atoms. The van der Waals surface area contributed by atoms with Crippen LogP contribution < -0.4 is 16.0 Å². The molecule has 0 radical (unpaired) electrons. The Morgan fingerprint density at radius 1 is 1.29 bits per heavy atom. The summed E-state index contributed by atoms with van der Waals surface area (Å²) in [6, 6.07) is -0.165. The minimum atomic E-state index is -0.481. The van der Waals surface area contributed by atoms with Crippen LogP contribution in [0.3, 0.4) is 0 Å². The highest BCUT2D eigenvalue weighted by atomic mass is 16.5. The van der Waals surface area contributed by atoms with Gasteiger partial charge in [-0.1, -0.05) is 26.8 Å². The first kappa shape index (κ1) is 17.3. The summed E-state index contributed by atoms with van der Waals surface area (Å²) in [5.41, 5.74) is 0.719. The number of carbonyl (C=O) groups excluding carboxylic acids is 2. The Hall–Kier alpha value is -1.72. The van der Waals surface area contributed by atoms with Crippen molar-refractivity contribution in [1.82, 2.24) is 16.0 Å². The zero-order valence-corrected chi connectivity index (χ0v) is 13.4. The maximum atomic E-state index is 11.9. The van der Waals surface area contributed by atoms with Gasteiger partial charge in [-0.3, -0.25) is 4.79 Å². The zero-order valence-electron chi connectivity index (χ0n) is 13.4. The van der Waals surface area contributed by atoms with E-state index < -0.39 is 6.09 Å². The minimum Gasteiger partial charge on any atom is -0.453 e. The maximum Gasteiger partial charge on any atom is 0.407 e. The average Bonchev–Trinajstić information content (AvgIpc) is 2.90. The van der Waals surface area contributed by atoms with E-state index in [2.05, 4.69) is 27.3 Å². The highest BCUT2D eigenvalue weighted by Gasteiger charge is 2.33. The summed E-state index contributed by atoms with van der Waals surface area (Å²) in [7, 11) is 2.99. The average molecular weight is 297 g/mol. The van der Waals surface area contributed by atoms with Crippen molar-refractivity contribution in [3.05, 3.63) is 12.3 Å². The molecule has 6 nitrogen and oxygen atoms in total. The molecule has 0 aliphatic heterocycles. The molecule has 3 atom stereocenters. The molecule has 0 aromatic rings. The van der Waals surface area contributed by atoms with Crippen molar-refractivity contribution in [2.24, 2.45) is 11.8 Å². The molecule has 0 bridgehead atoms. The number of carbonyl (C=O) groups is 2. The van der Waals surface area contributed by atoms with Crippen LogP contribution in [0.4, 0.5) is 4.79 Å². The molecular weight excluding hydrogens is 270 g/mol. The van der Waals surface area contributed by atoms with Crippen LogP contribution in [0.25, 0.3) is 0 Å². The summed E-state index contributed by atoms with van der Waals surface area (Å²) in [6.07, 6.45) is 2.34. The molecule has 0 aromatic heterocycles. The SMILES string of the molecule is C=C(N[C@@H]1CCC[C@H]1C(=O)NC)[C@@H](NC(=O)OC)C(C)C. The third-order valence-electron chi connectivity index (χ3n) is 3.97. The Bertz CT molecular complexity index is 396. The monoisotopic (exact) mass is 297 g/mol. The van der Waals surface area contributed by atoms with E-state index in [4.69, 9.17) is 0 Å². The van der Waals surface area contributed by atoms with Gasteiger partial charge in [-0.2, -0.15) is 0 Å². The predicted molar refractivity (Wildman–Crippen MR) is 81.6 cm³/mol. The molecule has 0 aromatic carbocycles. The fourth-order valence-electron chi connectivity index (χ4n) is 2.80. The zero-order chi connectivity index (χ0) is 16.0. The quantitative estimate of drug-likeness (QED) is 0.692. The van der Waals surface area contributed by atoms with Crippen molar-refractivity contribution >= 4 is 12.0 Å². The molecule has 0 unspecified atom stereocenters. The minimum absolute atomic E-state index is 0.0438. The van der Waals surface area contributed by atoms with Gasteiger partial charge in [0.1, 0.15) is 0 Å². The molecule has 1 saturated carbocycles. The lowest BCUT2D eigenvalue weighted by atomic mass is 9.98. The van der Waals surface area contributed by atoms with E-state index >= 15 is 0 Å². The summed E-state index contributed by atoms with van der Waals surface area (Å²) in [5, 5.41) is 8.81. The van der Waals surface area contributed by atoms with Gasteiger partial charge < -0.3 is 20.7 Å². The van der Waals surface area contributed by atoms with Gasteiger partial charge in [0.15, 0.2) is 0 Å². The standard InChI is InChI=1S/C15H27N3O3/c1-9(2)13(18-15(20)21-5)10(3)17-12-8-6-7-11(12)14(19)16-4/h9,11-13,17H,3,6-8H2,1-2,4-5H3,(H,16,19)(H,18,20)/t11-,12-,13+/m1/s1. The molecule has 1 rings (SSSR count). The Morgan fingerprint density at radius 3 is 2.48 bits per heavy atom. The molecule has 0 heterocycles. The second-order valence-corrected chi connectivity index (χ2v) is 5.79. The fourth-order valence-corrected chi connectivity index (χ4v) is 2.80. The van der Waals surface area contributed by atoms with Crippen molar-refractivity contribution < 1.29 is 14.3 Å². The van der Waals surface area contributed by atoms with Gasteiger partial charge in [0.25, 0.3) is 0 Å². The molecule has 21 heavy (non-hydrogen) atoms. The topological polar surface area (TPSA) is 79.5 Å². The van der Waals surface area contributed by atoms with Gasteiger partial charge in [0.05, 0.1) is 19.1 Å². The van der Waals surface area contributed by atoms with Crippen molar-refractivity contribution in [1.29, 1.82) is 0 Å². The van der Waals surface area contributed by atoms with Crippen LogP contribution >= 0.6 is 0 Å². The van der Waals surface area contributed by atoms with E-state index in [9.17, 15) is 9.59 Å².